The molecule has 0 saturated heterocycles. The summed E-state index contributed by atoms with van der Waals surface area (Å²) in [6.45, 7) is 7.03. The lowest BCUT2D eigenvalue weighted by Gasteiger charge is -2.25. The van der Waals surface area contributed by atoms with E-state index in [4.69, 9.17) is 0 Å². The lowest BCUT2D eigenvalue weighted by atomic mass is 9.86. The summed E-state index contributed by atoms with van der Waals surface area (Å²) in [6, 6.07) is 0. The van der Waals surface area contributed by atoms with Gasteiger partial charge in [0.25, 0.3) is 0 Å². The number of allylic oxidation sites excluding steroid dienone is 1. The highest BCUT2D eigenvalue weighted by Gasteiger charge is 2.17. The van der Waals surface area contributed by atoms with Gasteiger partial charge in [-0.05, 0) is 37.9 Å². The fourth-order valence-electron chi connectivity index (χ4n) is 2.89. The molecule has 0 saturated carbocycles. The normalized spacial score (nSPS) is 18.5. The molecule has 0 bridgehead atoms. The van der Waals surface area contributed by atoms with E-state index in [-0.39, 0.29) is 0 Å². The first kappa shape index (κ1) is 15.1. The monoisotopic (exact) mass is 254 g/mol. The average Bonchev–Trinajstić information content (AvgIpc) is 2.35. The van der Waals surface area contributed by atoms with Crippen LogP contribution in [-0.4, -0.2) is 11.5 Å². The Balaban J connectivity index is 2.32. The molecule has 100 valence electrons. The molecular formula is C16H30S. The van der Waals surface area contributed by atoms with E-state index < -0.39 is 0 Å². The number of hydrogen-bond donors (Lipinski definition) is 0. The maximum Gasteiger partial charge on any atom is 0.0143 e. The molecule has 0 radical (unpaired) electrons. The molecule has 1 unspecified atom stereocenters. The second kappa shape index (κ2) is 9.08. The molecule has 1 aliphatic rings. The van der Waals surface area contributed by atoms with Gasteiger partial charge in [0.2, 0.25) is 0 Å². The van der Waals surface area contributed by atoms with Crippen LogP contribution in [0.15, 0.2) is 11.1 Å². The van der Waals surface area contributed by atoms with E-state index >= 15 is 0 Å². The van der Waals surface area contributed by atoms with Crippen LogP contribution in [0.1, 0.15) is 72.1 Å². The van der Waals surface area contributed by atoms with Crippen molar-refractivity contribution in [2.24, 2.45) is 5.92 Å². The minimum absolute atomic E-state index is 0.900. The van der Waals surface area contributed by atoms with Gasteiger partial charge in [-0.25, -0.2) is 0 Å². The summed E-state index contributed by atoms with van der Waals surface area (Å²) >= 11 is 2.11. The van der Waals surface area contributed by atoms with Crippen LogP contribution in [0.3, 0.4) is 0 Å². The number of thioether (sulfide) groups is 1. The van der Waals surface area contributed by atoms with Crippen LogP contribution in [0.2, 0.25) is 0 Å². The smallest absolute Gasteiger partial charge is 0.0143 e. The SMILES string of the molecule is CCCCCCCC(CC)C1=C(C)CSCC1. The van der Waals surface area contributed by atoms with Crippen molar-refractivity contribution in [1.82, 2.24) is 0 Å². The predicted octanol–water partition coefficient (Wildman–Crippen LogP) is 5.83. The van der Waals surface area contributed by atoms with Gasteiger partial charge in [0, 0.05) is 5.75 Å². The van der Waals surface area contributed by atoms with E-state index in [1.165, 1.54) is 62.9 Å². The Morgan fingerprint density at radius 2 is 1.88 bits per heavy atom. The second-order valence-electron chi connectivity index (χ2n) is 5.42. The first-order valence-electron chi connectivity index (χ1n) is 7.55. The van der Waals surface area contributed by atoms with Crippen LogP contribution in [0.4, 0.5) is 0 Å². The maximum absolute atomic E-state index is 2.37. The van der Waals surface area contributed by atoms with Gasteiger partial charge in [0.15, 0.2) is 0 Å². The van der Waals surface area contributed by atoms with Crippen molar-refractivity contribution >= 4 is 11.8 Å². The summed E-state index contributed by atoms with van der Waals surface area (Å²) in [5.41, 5.74) is 3.52. The molecule has 1 rings (SSSR count). The molecule has 1 atom stereocenters. The van der Waals surface area contributed by atoms with Crippen molar-refractivity contribution in [2.75, 3.05) is 11.5 Å². The van der Waals surface area contributed by atoms with Crippen molar-refractivity contribution in [3.8, 4) is 0 Å². The Morgan fingerprint density at radius 1 is 1.12 bits per heavy atom. The third-order valence-corrected chi connectivity index (χ3v) is 5.15. The molecule has 0 aromatic carbocycles. The minimum atomic E-state index is 0.900. The number of rotatable bonds is 8. The predicted molar refractivity (Wildman–Crippen MR) is 81.8 cm³/mol. The lowest BCUT2D eigenvalue weighted by molar-refractivity contribution is 0.481. The summed E-state index contributed by atoms with van der Waals surface area (Å²) in [5.74, 6) is 3.55. The summed E-state index contributed by atoms with van der Waals surface area (Å²) < 4.78 is 0. The number of unbranched alkanes of at least 4 members (excludes halogenated alkanes) is 4. The molecule has 0 amide bonds. The van der Waals surface area contributed by atoms with Crippen LogP contribution < -0.4 is 0 Å². The van der Waals surface area contributed by atoms with Crippen molar-refractivity contribution in [3.05, 3.63) is 11.1 Å². The highest BCUT2D eigenvalue weighted by Crippen LogP contribution is 2.33. The minimum Gasteiger partial charge on any atom is -0.157 e. The van der Waals surface area contributed by atoms with E-state index in [1.807, 2.05) is 5.57 Å². The highest BCUT2D eigenvalue weighted by atomic mass is 32.2. The molecular weight excluding hydrogens is 224 g/mol. The zero-order valence-electron chi connectivity index (χ0n) is 12.1. The average molecular weight is 254 g/mol. The number of hydrogen-bond acceptors (Lipinski definition) is 1. The summed E-state index contributed by atoms with van der Waals surface area (Å²) in [6.07, 6.45) is 11.3. The van der Waals surface area contributed by atoms with E-state index in [9.17, 15) is 0 Å². The maximum atomic E-state index is 2.37. The highest BCUT2D eigenvalue weighted by molar-refractivity contribution is 7.99. The van der Waals surface area contributed by atoms with Crippen LogP contribution in [0, 0.1) is 5.92 Å². The molecule has 0 aromatic heterocycles. The van der Waals surface area contributed by atoms with Gasteiger partial charge in [-0.1, -0.05) is 57.1 Å². The van der Waals surface area contributed by atoms with Crippen molar-refractivity contribution < 1.29 is 0 Å². The van der Waals surface area contributed by atoms with E-state index in [2.05, 4.69) is 32.5 Å². The van der Waals surface area contributed by atoms with Crippen LogP contribution >= 0.6 is 11.8 Å². The van der Waals surface area contributed by atoms with Crippen molar-refractivity contribution in [1.29, 1.82) is 0 Å². The standard InChI is InChI=1S/C16H30S/c1-4-6-7-8-9-10-15(5-2)16-11-12-17-13-14(16)3/h15H,4-13H2,1-3H3. The molecule has 17 heavy (non-hydrogen) atoms. The Bertz CT molecular complexity index is 230. The summed E-state index contributed by atoms with van der Waals surface area (Å²) in [4.78, 5) is 0. The molecule has 0 fully saturated rings. The quantitative estimate of drug-likeness (QED) is 0.388. The molecule has 0 aromatic rings. The Kier molecular flexibility index (Phi) is 8.09. The molecule has 0 spiro atoms. The summed E-state index contributed by atoms with van der Waals surface area (Å²) in [5, 5.41) is 0. The third kappa shape index (κ3) is 5.50. The third-order valence-electron chi connectivity index (χ3n) is 4.02. The fraction of sp³-hybridized carbons (Fsp3) is 0.875. The van der Waals surface area contributed by atoms with Gasteiger partial charge in [0.05, 0.1) is 0 Å². The molecule has 0 nitrogen and oxygen atoms in total. The van der Waals surface area contributed by atoms with E-state index in [0.29, 0.717) is 0 Å². The van der Waals surface area contributed by atoms with Gasteiger partial charge >= 0.3 is 0 Å². The van der Waals surface area contributed by atoms with Gasteiger partial charge in [-0.3, -0.25) is 0 Å². The molecule has 1 aliphatic heterocycles. The molecule has 0 N–H and O–H groups in total. The molecule has 1 heterocycles. The van der Waals surface area contributed by atoms with Crippen LogP contribution in [0.25, 0.3) is 0 Å². The topological polar surface area (TPSA) is 0 Å². The lowest BCUT2D eigenvalue weighted by Crippen LogP contribution is -2.11. The Hall–Kier alpha value is 0.0900. The van der Waals surface area contributed by atoms with Gasteiger partial charge in [-0.2, -0.15) is 11.8 Å². The van der Waals surface area contributed by atoms with Gasteiger partial charge < -0.3 is 0 Å². The zero-order chi connectivity index (χ0) is 12.5. The Morgan fingerprint density at radius 3 is 2.53 bits per heavy atom. The first-order valence-corrected chi connectivity index (χ1v) is 8.71. The molecule has 1 heteroatoms. The fourth-order valence-corrected chi connectivity index (χ4v) is 3.89. The van der Waals surface area contributed by atoms with E-state index in [1.54, 1.807) is 5.57 Å². The van der Waals surface area contributed by atoms with Crippen LogP contribution in [-0.2, 0) is 0 Å². The van der Waals surface area contributed by atoms with Crippen molar-refractivity contribution in [3.63, 3.8) is 0 Å². The summed E-state index contributed by atoms with van der Waals surface area (Å²) in [7, 11) is 0. The first-order chi connectivity index (χ1) is 8.29. The Labute approximate surface area is 113 Å². The van der Waals surface area contributed by atoms with Gasteiger partial charge in [-0.15, -0.1) is 0 Å². The van der Waals surface area contributed by atoms with Crippen molar-refractivity contribution in [2.45, 2.75) is 72.1 Å². The second-order valence-corrected chi connectivity index (χ2v) is 6.52. The largest absolute Gasteiger partial charge is 0.157 e. The zero-order valence-corrected chi connectivity index (χ0v) is 12.9. The van der Waals surface area contributed by atoms with Crippen LogP contribution in [0.5, 0.6) is 0 Å². The van der Waals surface area contributed by atoms with E-state index in [0.717, 1.165) is 5.92 Å². The van der Waals surface area contributed by atoms with Gasteiger partial charge in [0.1, 0.15) is 0 Å². The molecule has 0 aliphatic carbocycles.